The number of rotatable bonds is 5. The van der Waals surface area contributed by atoms with E-state index in [1.165, 1.54) is 0 Å². The van der Waals surface area contributed by atoms with Crippen molar-refractivity contribution in [3.05, 3.63) is 0 Å². The highest BCUT2D eigenvalue weighted by atomic mass is 16.3. The van der Waals surface area contributed by atoms with E-state index in [4.69, 9.17) is 5.11 Å². The van der Waals surface area contributed by atoms with E-state index >= 15 is 0 Å². The molecule has 0 spiro atoms. The summed E-state index contributed by atoms with van der Waals surface area (Å²) in [5, 5.41) is 8.61. The summed E-state index contributed by atoms with van der Waals surface area (Å²) < 4.78 is 1.08. The minimum absolute atomic E-state index is 0.327. The molecule has 1 N–H and O–H groups in total. The smallest absolute Gasteiger partial charge is 0.0806 e. The van der Waals surface area contributed by atoms with Crippen LogP contribution in [0.2, 0.25) is 0 Å². The average molecular weight is 146 g/mol. The summed E-state index contributed by atoms with van der Waals surface area (Å²) in [7, 11) is 2.23. The highest BCUT2D eigenvalue weighted by molar-refractivity contribution is 4.35. The molecule has 0 saturated heterocycles. The molecule has 0 aliphatic carbocycles. The Kier molecular flexibility index (Phi) is 4.65. The van der Waals surface area contributed by atoms with Gasteiger partial charge in [0.1, 0.15) is 0 Å². The summed E-state index contributed by atoms with van der Waals surface area (Å²) in [4.78, 5) is 0. The second-order valence-electron chi connectivity index (χ2n) is 3.05. The van der Waals surface area contributed by atoms with Gasteiger partial charge in [-0.1, -0.05) is 0 Å². The number of aliphatic hydroxyl groups is 1. The number of nitrogens with zero attached hydrogens (tertiary/aromatic N) is 1. The maximum Gasteiger partial charge on any atom is 0.0806 e. The van der Waals surface area contributed by atoms with Crippen molar-refractivity contribution >= 4 is 0 Å². The first-order chi connectivity index (χ1) is 4.68. The lowest BCUT2D eigenvalue weighted by Gasteiger charge is -2.31. The van der Waals surface area contributed by atoms with Gasteiger partial charge in [0.15, 0.2) is 0 Å². The molecule has 62 valence electrons. The molecule has 0 aliphatic heterocycles. The summed E-state index contributed by atoms with van der Waals surface area (Å²) in [6, 6.07) is 0. The van der Waals surface area contributed by atoms with Gasteiger partial charge in [0.2, 0.25) is 0 Å². The molecule has 0 amide bonds. The highest BCUT2D eigenvalue weighted by Crippen LogP contribution is 2.01. The molecule has 0 aromatic rings. The van der Waals surface area contributed by atoms with Crippen LogP contribution >= 0.6 is 0 Å². The average Bonchev–Trinajstić information content (AvgIpc) is 2.00. The summed E-state index contributed by atoms with van der Waals surface area (Å²) >= 11 is 0. The van der Waals surface area contributed by atoms with Crippen LogP contribution in [0.25, 0.3) is 0 Å². The van der Waals surface area contributed by atoms with Crippen LogP contribution in [0.3, 0.4) is 0 Å². The van der Waals surface area contributed by atoms with Crippen molar-refractivity contribution in [1.29, 1.82) is 0 Å². The first-order valence-electron chi connectivity index (χ1n) is 4.13. The van der Waals surface area contributed by atoms with Crippen molar-refractivity contribution in [2.45, 2.75) is 20.3 Å². The molecule has 0 saturated carbocycles. The van der Waals surface area contributed by atoms with Crippen molar-refractivity contribution in [3.8, 4) is 0 Å². The molecule has 0 fully saturated rings. The molecule has 0 bridgehead atoms. The number of hydrogen-bond donors (Lipinski definition) is 1. The molecular weight excluding hydrogens is 126 g/mol. The first-order valence-corrected chi connectivity index (χ1v) is 4.13. The van der Waals surface area contributed by atoms with Crippen LogP contribution in [0, 0.1) is 0 Å². The molecule has 0 rings (SSSR count). The maximum absolute atomic E-state index is 8.61. The van der Waals surface area contributed by atoms with Crippen LogP contribution in [0.1, 0.15) is 20.3 Å². The van der Waals surface area contributed by atoms with Crippen LogP contribution in [0.5, 0.6) is 0 Å². The van der Waals surface area contributed by atoms with Gasteiger partial charge in [-0.2, -0.15) is 0 Å². The summed E-state index contributed by atoms with van der Waals surface area (Å²) in [6.45, 7) is 8.14. The van der Waals surface area contributed by atoms with Crippen molar-refractivity contribution in [2.75, 3.05) is 33.3 Å². The van der Waals surface area contributed by atoms with E-state index in [1.54, 1.807) is 0 Å². The highest BCUT2D eigenvalue weighted by Gasteiger charge is 2.14. The van der Waals surface area contributed by atoms with E-state index in [0.29, 0.717) is 6.61 Å². The predicted molar refractivity (Wildman–Crippen MR) is 43.8 cm³/mol. The van der Waals surface area contributed by atoms with Crippen LogP contribution in [0.4, 0.5) is 0 Å². The molecule has 0 radical (unpaired) electrons. The predicted octanol–water partition coefficient (Wildman–Crippen LogP) is 0.855. The SMILES string of the molecule is CC[N+](C)(CC)CCCO. The number of hydrogen-bond acceptors (Lipinski definition) is 1. The molecule has 0 heterocycles. The van der Waals surface area contributed by atoms with Gasteiger partial charge in [-0.15, -0.1) is 0 Å². The second kappa shape index (κ2) is 4.69. The largest absolute Gasteiger partial charge is 0.396 e. The molecule has 0 aliphatic rings. The maximum atomic E-state index is 8.61. The van der Waals surface area contributed by atoms with E-state index in [-0.39, 0.29) is 0 Å². The fourth-order valence-electron chi connectivity index (χ4n) is 0.992. The fraction of sp³-hybridized carbons (Fsp3) is 1.00. The fourth-order valence-corrected chi connectivity index (χ4v) is 0.992. The van der Waals surface area contributed by atoms with Gasteiger partial charge in [-0.05, 0) is 13.8 Å². The van der Waals surface area contributed by atoms with Gasteiger partial charge in [0, 0.05) is 13.0 Å². The molecular formula is C8H20NO+. The standard InChI is InChI=1S/C8H20NO/c1-4-9(3,5-2)7-6-8-10/h10H,4-8H2,1-3H3/q+1. The van der Waals surface area contributed by atoms with Gasteiger partial charge in [-0.25, -0.2) is 0 Å². The Balaban J connectivity index is 3.58. The molecule has 10 heavy (non-hydrogen) atoms. The van der Waals surface area contributed by atoms with Crippen molar-refractivity contribution in [3.63, 3.8) is 0 Å². The second-order valence-corrected chi connectivity index (χ2v) is 3.05. The Hall–Kier alpha value is -0.0800. The first kappa shape index (κ1) is 9.92. The van der Waals surface area contributed by atoms with E-state index in [2.05, 4.69) is 20.9 Å². The summed E-state index contributed by atoms with van der Waals surface area (Å²) in [5.41, 5.74) is 0. The Morgan fingerprint density at radius 3 is 2.00 bits per heavy atom. The van der Waals surface area contributed by atoms with Gasteiger partial charge in [-0.3, -0.25) is 0 Å². The molecule has 2 nitrogen and oxygen atoms in total. The number of aliphatic hydroxyl groups excluding tert-OH is 1. The Labute approximate surface area is 64.1 Å². The van der Waals surface area contributed by atoms with Crippen molar-refractivity contribution in [1.82, 2.24) is 0 Å². The van der Waals surface area contributed by atoms with E-state index in [0.717, 1.165) is 30.5 Å². The Morgan fingerprint density at radius 1 is 1.20 bits per heavy atom. The van der Waals surface area contributed by atoms with E-state index < -0.39 is 0 Å². The normalized spacial score (nSPS) is 12.0. The third-order valence-corrected chi connectivity index (χ3v) is 2.38. The minimum atomic E-state index is 0.327. The monoisotopic (exact) mass is 146 g/mol. The molecule has 0 atom stereocenters. The lowest BCUT2D eigenvalue weighted by atomic mass is 10.3. The van der Waals surface area contributed by atoms with Crippen LogP contribution in [0.15, 0.2) is 0 Å². The third kappa shape index (κ3) is 3.18. The summed E-state index contributed by atoms with van der Waals surface area (Å²) in [5.74, 6) is 0. The van der Waals surface area contributed by atoms with Gasteiger partial charge in [0.05, 0.1) is 26.7 Å². The topological polar surface area (TPSA) is 20.2 Å². The zero-order chi connectivity index (χ0) is 8.04. The number of quaternary nitrogens is 1. The van der Waals surface area contributed by atoms with Crippen molar-refractivity contribution < 1.29 is 9.59 Å². The minimum Gasteiger partial charge on any atom is -0.396 e. The molecule has 0 aromatic heterocycles. The lowest BCUT2D eigenvalue weighted by Crippen LogP contribution is -2.44. The molecule has 2 heteroatoms. The van der Waals surface area contributed by atoms with Crippen molar-refractivity contribution in [2.24, 2.45) is 0 Å². The Bertz CT molecular complexity index is 79.3. The molecule has 0 aromatic carbocycles. The zero-order valence-electron chi connectivity index (χ0n) is 7.43. The molecule has 0 unspecified atom stereocenters. The van der Waals surface area contributed by atoms with E-state index in [9.17, 15) is 0 Å². The Morgan fingerprint density at radius 2 is 1.70 bits per heavy atom. The summed E-state index contributed by atoms with van der Waals surface area (Å²) in [6.07, 6.45) is 0.929. The van der Waals surface area contributed by atoms with Crippen LogP contribution < -0.4 is 0 Å². The quantitative estimate of drug-likeness (QED) is 0.570. The van der Waals surface area contributed by atoms with Gasteiger partial charge >= 0.3 is 0 Å². The zero-order valence-corrected chi connectivity index (χ0v) is 7.43. The van der Waals surface area contributed by atoms with Crippen LogP contribution in [-0.2, 0) is 0 Å². The van der Waals surface area contributed by atoms with Crippen LogP contribution in [-0.4, -0.2) is 42.9 Å². The third-order valence-electron chi connectivity index (χ3n) is 2.38. The van der Waals surface area contributed by atoms with E-state index in [1.807, 2.05) is 0 Å². The van der Waals surface area contributed by atoms with Gasteiger partial charge in [0.25, 0.3) is 0 Å². The lowest BCUT2D eigenvalue weighted by molar-refractivity contribution is -0.906. The van der Waals surface area contributed by atoms with Gasteiger partial charge < -0.3 is 9.59 Å².